The van der Waals surface area contributed by atoms with Gasteiger partial charge < -0.3 is 13.9 Å². The lowest BCUT2D eigenvalue weighted by molar-refractivity contribution is -0.369. The van der Waals surface area contributed by atoms with Crippen molar-refractivity contribution in [2.75, 3.05) is 0 Å². The van der Waals surface area contributed by atoms with Gasteiger partial charge in [0.05, 0.1) is 12.2 Å². The molecule has 0 radical (unpaired) electrons. The first kappa shape index (κ1) is 29.0. The molecule has 0 bridgehead atoms. The summed E-state index contributed by atoms with van der Waals surface area (Å²) in [5.74, 6) is -10.3. The third-order valence-electron chi connectivity index (χ3n) is 5.10. The van der Waals surface area contributed by atoms with Gasteiger partial charge in [-0.05, 0) is 47.0 Å². The number of unbranched alkanes of at least 4 members (excludes halogenated alkanes) is 7. The van der Waals surface area contributed by atoms with Crippen LogP contribution in [-0.4, -0.2) is 28.7 Å². The van der Waals surface area contributed by atoms with Crippen LogP contribution in [0.5, 0.6) is 0 Å². The third kappa shape index (κ3) is 9.07. The van der Waals surface area contributed by atoms with E-state index in [1.54, 1.807) is 0 Å². The Morgan fingerprint density at radius 3 is 1.41 bits per heavy atom. The number of benzene rings is 1. The van der Waals surface area contributed by atoms with Crippen molar-refractivity contribution in [3.63, 3.8) is 0 Å². The summed E-state index contributed by atoms with van der Waals surface area (Å²) >= 11 is 0. The second kappa shape index (κ2) is 14.3. The van der Waals surface area contributed by atoms with Crippen molar-refractivity contribution >= 4 is 10.5 Å². The first-order chi connectivity index (χ1) is 15.0. The fraction of sp³-hybridized carbons (Fsp3) is 0.739. The fourth-order valence-electron chi connectivity index (χ4n) is 3.64. The molecule has 1 aromatic carbocycles. The molecule has 0 aromatic heterocycles. The molecule has 0 aliphatic rings. The van der Waals surface area contributed by atoms with Gasteiger partial charge in [0.2, 0.25) is 5.82 Å². The molecule has 0 heterocycles. The van der Waals surface area contributed by atoms with Crippen molar-refractivity contribution in [3.05, 3.63) is 34.6 Å². The molecular weight excluding hydrogens is 447 g/mol. The van der Waals surface area contributed by atoms with Crippen LogP contribution >= 0.6 is 0 Å². The topological polar surface area (TPSA) is 27.7 Å². The van der Waals surface area contributed by atoms with Crippen LogP contribution in [0.25, 0.3) is 0 Å². The molecule has 9 heteroatoms. The van der Waals surface area contributed by atoms with Gasteiger partial charge in [-0.1, -0.05) is 38.5 Å². The zero-order chi connectivity index (χ0) is 24.3. The molecule has 0 N–H and O–H groups in total. The molecule has 0 unspecified atom stereocenters. The largest absolute Gasteiger partial charge is 0.380 e. The van der Waals surface area contributed by atoms with Crippen LogP contribution in [-0.2, 0) is 20.3 Å². The lowest BCUT2D eigenvalue weighted by atomic mass is 10.0. The molecule has 32 heavy (non-hydrogen) atoms. The lowest BCUT2D eigenvalue weighted by Crippen LogP contribution is -2.42. The maximum atomic E-state index is 13.7. The number of rotatable bonds is 16. The van der Waals surface area contributed by atoms with E-state index in [4.69, 9.17) is 13.9 Å². The van der Waals surface area contributed by atoms with E-state index in [9.17, 15) is 22.0 Å². The summed E-state index contributed by atoms with van der Waals surface area (Å²) in [6.07, 6.45) is 7.25. The van der Waals surface area contributed by atoms with Gasteiger partial charge in [-0.15, -0.1) is 0 Å². The van der Waals surface area contributed by atoms with E-state index in [2.05, 4.69) is 0 Å². The highest BCUT2D eigenvalue weighted by Crippen LogP contribution is 2.27. The van der Waals surface area contributed by atoms with Crippen LogP contribution < -0.4 is 0 Å². The van der Waals surface area contributed by atoms with Crippen LogP contribution in [0.1, 0.15) is 91.0 Å². The Kier molecular flexibility index (Phi) is 12.9. The summed E-state index contributed by atoms with van der Waals surface area (Å²) < 4.78 is 84.3. The van der Waals surface area contributed by atoms with Crippen LogP contribution in [0.2, 0.25) is 0 Å². The van der Waals surface area contributed by atoms with E-state index in [0.29, 0.717) is 29.7 Å². The molecule has 1 rings (SSSR count). The molecule has 0 saturated heterocycles. The van der Waals surface area contributed by atoms with Crippen molar-refractivity contribution in [2.24, 2.45) is 0 Å². The van der Waals surface area contributed by atoms with E-state index in [1.807, 2.05) is 27.7 Å². The highest BCUT2D eigenvalue weighted by molar-refractivity contribution is 5.98. The van der Waals surface area contributed by atoms with Crippen molar-refractivity contribution in [1.29, 1.82) is 0 Å². The smallest absolute Gasteiger partial charge is 0.273 e. The Morgan fingerprint density at radius 1 is 0.625 bits per heavy atom. The summed E-state index contributed by atoms with van der Waals surface area (Å²) in [6.45, 7) is 7.80. The predicted molar refractivity (Wildman–Crippen MR) is 118 cm³/mol. The Bertz CT molecular complexity index is 662. The van der Waals surface area contributed by atoms with Gasteiger partial charge >= 0.3 is 0 Å². The first-order valence-corrected chi connectivity index (χ1v) is 12.3. The second-order valence-electron chi connectivity index (χ2n) is 8.60. The Hall–Kier alpha value is -1.03. The van der Waals surface area contributed by atoms with Crippen molar-refractivity contribution in [2.45, 2.75) is 110 Å². The summed E-state index contributed by atoms with van der Waals surface area (Å²) in [5, 5.41) is 0. The molecule has 3 nitrogen and oxygen atoms in total. The minimum absolute atomic E-state index is 0.00690. The van der Waals surface area contributed by atoms with Gasteiger partial charge in [0, 0.05) is 12.0 Å². The normalized spacial score (nSPS) is 12.5. The molecule has 0 aliphatic carbocycles. The van der Waals surface area contributed by atoms with E-state index in [1.165, 1.54) is 0 Å². The van der Waals surface area contributed by atoms with Gasteiger partial charge in [-0.2, -0.15) is 0 Å². The Balaban J connectivity index is 2.27. The van der Waals surface area contributed by atoms with Crippen molar-refractivity contribution < 1.29 is 35.9 Å². The van der Waals surface area contributed by atoms with Crippen LogP contribution in [0.15, 0.2) is 0 Å². The maximum Gasteiger partial charge on any atom is 0.273 e. The predicted octanol–water partition coefficient (Wildman–Crippen LogP) is 6.24. The van der Waals surface area contributed by atoms with Crippen molar-refractivity contribution in [1.82, 2.24) is 0 Å². The van der Waals surface area contributed by atoms with E-state index in [0.717, 1.165) is 38.5 Å². The first-order valence-electron chi connectivity index (χ1n) is 11.5. The molecule has 1 aromatic rings. The second-order valence-corrected chi connectivity index (χ2v) is 9.01. The molecule has 0 atom stereocenters. The highest BCUT2D eigenvalue weighted by Gasteiger charge is 2.33. The quantitative estimate of drug-likeness (QED) is 0.0695. The number of hydrogen-bond acceptors (Lipinski definition) is 3. The van der Waals surface area contributed by atoms with Crippen molar-refractivity contribution in [3.8, 4) is 0 Å². The van der Waals surface area contributed by atoms with E-state index < -0.39 is 40.6 Å². The number of ether oxygens (including phenoxy) is 2. The average molecular weight is 485 g/mol. The minimum atomic E-state index is -2.11. The maximum absolute atomic E-state index is 13.7. The standard InChI is InChI=1S/C23H37F5O3Si/c1-15(2)29-23(31-32,30-16(3)4)14-12-10-8-6-5-7-9-11-13-17-18(24)20(26)22(28)21(27)19(17)25/h15-16H,5-14H2,1-4,32H3. The summed E-state index contributed by atoms with van der Waals surface area (Å²) in [6, 6.07) is 0. The molecule has 186 valence electrons. The average Bonchev–Trinajstić information content (AvgIpc) is 2.73. The Morgan fingerprint density at radius 2 is 1.00 bits per heavy atom. The minimum Gasteiger partial charge on any atom is -0.380 e. The number of halogens is 5. The molecule has 0 fully saturated rings. The van der Waals surface area contributed by atoms with Gasteiger partial charge in [0.15, 0.2) is 33.8 Å². The van der Waals surface area contributed by atoms with Crippen LogP contribution in [0.3, 0.4) is 0 Å². The third-order valence-corrected chi connectivity index (χ3v) is 5.72. The monoisotopic (exact) mass is 484 g/mol. The van der Waals surface area contributed by atoms with Gasteiger partial charge in [-0.25, -0.2) is 22.0 Å². The summed E-state index contributed by atoms with van der Waals surface area (Å²) in [7, 11) is 0.508. The van der Waals surface area contributed by atoms with Crippen LogP contribution in [0, 0.1) is 29.1 Å². The van der Waals surface area contributed by atoms with Gasteiger partial charge in [0.25, 0.3) is 5.97 Å². The van der Waals surface area contributed by atoms with E-state index in [-0.39, 0.29) is 18.6 Å². The highest BCUT2D eigenvalue weighted by atomic mass is 28.2. The molecule has 0 saturated carbocycles. The molecule has 0 aliphatic heterocycles. The molecule has 0 amide bonds. The molecular formula is C23H37F5O3Si. The number of hydrogen-bond donors (Lipinski definition) is 0. The lowest BCUT2D eigenvalue weighted by Gasteiger charge is -2.36. The Labute approximate surface area is 191 Å². The molecule has 0 spiro atoms. The van der Waals surface area contributed by atoms with Gasteiger partial charge in [-0.3, -0.25) is 0 Å². The zero-order valence-corrected chi connectivity index (χ0v) is 21.8. The zero-order valence-electron chi connectivity index (χ0n) is 19.8. The SMILES string of the molecule is CC(C)OC(CCCCCCCCCCc1c(F)c(F)c(F)c(F)c1F)(O[SiH3])OC(C)C. The fourth-order valence-corrected chi connectivity index (χ4v) is 4.03. The van der Waals surface area contributed by atoms with Gasteiger partial charge in [0.1, 0.15) is 0 Å². The summed E-state index contributed by atoms with van der Waals surface area (Å²) in [5.41, 5.74) is -0.724. The summed E-state index contributed by atoms with van der Waals surface area (Å²) in [4.78, 5) is 0. The van der Waals surface area contributed by atoms with E-state index >= 15 is 0 Å². The van der Waals surface area contributed by atoms with Crippen LogP contribution in [0.4, 0.5) is 22.0 Å².